The number of hydrogen-bond donors (Lipinski definition) is 0. The molecule has 0 atom stereocenters. The van der Waals surface area contributed by atoms with Crippen LogP contribution in [0, 0.1) is 0 Å². The van der Waals surface area contributed by atoms with Crippen LogP contribution in [0.3, 0.4) is 0 Å². The van der Waals surface area contributed by atoms with E-state index in [0.29, 0.717) is 25.4 Å². The molecular formula is C11H18ClN3O4S. The molecule has 1 aliphatic rings. The van der Waals surface area contributed by atoms with Crippen LogP contribution >= 0.6 is 10.7 Å². The van der Waals surface area contributed by atoms with Gasteiger partial charge in [-0.05, 0) is 19.3 Å². The van der Waals surface area contributed by atoms with E-state index in [9.17, 15) is 8.42 Å². The molecule has 0 amide bonds. The van der Waals surface area contributed by atoms with Gasteiger partial charge >= 0.3 is 0 Å². The van der Waals surface area contributed by atoms with E-state index in [4.69, 9.17) is 20.2 Å². The normalized spacial score (nSPS) is 17.9. The number of rotatable bonds is 7. The molecule has 1 aliphatic carbocycles. The second kappa shape index (κ2) is 5.97. The molecule has 0 unspecified atom stereocenters. The summed E-state index contributed by atoms with van der Waals surface area (Å²) >= 11 is 0. The van der Waals surface area contributed by atoms with Crippen LogP contribution in [0.5, 0.6) is 0 Å². The molecule has 1 saturated carbocycles. The Hall–Kier alpha value is -0.700. The molecule has 1 aromatic heterocycles. The minimum absolute atomic E-state index is 0.239. The van der Waals surface area contributed by atoms with Crippen molar-refractivity contribution in [1.82, 2.24) is 14.8 Å². The number of hydrogen-bond acceptors (Lipinski definition) is 6. The largest absolute Gasteiger partial charge is 0.383 e. The van der Waals surface area contributed by atoms with Crippen LogP contribution in [-0.2, 0) is 31.5 Å². The molecular weight excluding hydrogens is 306 g/mol. The molecule has 114 valence electrons. The smallest absolute Gasteiger partial charge is 0.296 e. The van der Waals surface area contributed by atoms with Crippen molar-refractivity contribution in [3.8, 4) is 0 Å². The topological polar surface area (TPSA) is 83.3 Å². The third-order valence-electron chi connectivity index (χ3n) is 3.71. The molecule has 7 nitrogen and oxygen atoms in total. The summed E-state index contributed by atoms with van der Waals surface area (Å²) in [5.74, 6) is 0.558. The summed E-state index contributed by atoms with van der Waals surface area (Å²) in [6, 6.07) is 0. The summed E-state index contributed by atoms with van der Waals surface area (Å²) in [6.45, 7) is 0.685. The predicted molar refractivity (Wildman–Crippen MR) is 72.2 cm³/mol. The lowest BCUT2D eigenvalue weighted by Gasteiger charge is -2.40. The average molecular weight is 324 g/mol. The Morgan fingerprint density at radius 2 is 2.05 bits per heavy atom. The van der Waals surface area contributed by atoms with Crippen LogP contribution in [0.1, 0.15) is 25.1 Å². The lowest BCUT2D eigenvalue weighted by atomic mass is 9.77. The van der Waals surface area contributed by atoms with Gasteiger partial charge in [0.05, 0.1) is 12.2 Å². The molecule has 0 radical (unpaired) electrons. The van der Waals surface area contributed by atoms with Gasteiger partial charge in [-0.25, -0.2) is 8.42 Å². The van der Waals surface area contributed by atoms with Gasteiger partial charge < -0.3 is 9.47 Å². The molecule has 1 heterocycles. The van der Waals surface area contributed by atoms with Gasteiger partial charge in [-0.1, -0.05) is 0 Å². The van der Waals surface area contributed by atoms with E-state index in [2.05, 4.69) is 10.2 Å². The zero-order chi connectivity index (χ0) is 14.8. The summed E-state index contributed by atoms with van der Waals surface area (Å²) < 4.78 is 35.1. The van der Waals surface area contributed by atoms with Crippen molar-refractivity contribution in [2.75, 3.05) is 20.8 Å². The Bertz CT molecular complexity index is 563. The van der Waals surface area contributed by atoms with Crippen LogP contribution in [0.2, 0.25) is 0 Å². The predicted octanol–water partition coefficient (Wildman–Crippen LogP) is 0.964. The minimum atomic E-state index is -3.93. The first-order valence-corrected chi connectivity index (χ1v) is 8.64. The lowest BCUT2D eigenvalue weighted by Crippen LogP contribution is -2.42. The highest BCUT2D eigenvalue weighted by Gasteiger charge is 2.39. The Morgan fingerprint density at radius 3 is 2.50 bits per heavy atom. The summed E-state index contributed by atoms with van der Waals surface area (Å²) in [5.41, 5.74) is -0.259. The first kappa shape index (κ1) is 15.7. The Labute approximate surface area is 122 Å². The van der Waals surface area contributed by atoms with Gasteiger partial charge in [-0.2, -0.15) is 0 Å². The molecule has 0 aliphatic heterocycles. The summed E-state index contributed by atoms with van der Waals surface area (Å²) in [4.78, 5) is 0. The fourth-order valence-electron chi connectivity index (χ4n) is 2.35. The maximum Gasteiger partial charge on any atom is 0.296 e. The van der Waals surface area contributed by atoms with Crippen LogP contribution in [0.25, 0.3) is 0 Å². The van der Waals surface area contributed by atoms with E-state index >= 15 is 0 Å². The van der Waals surface area contributed by atoms with Gasteiger partial charge in [-0.3, -0.25) is 4.57 Å². The zero-order valence-corrected chi connectivity index (χ0v) is 13.1. The molecule has 0 N–H and O–H groups in total. The molecule has 1 aromatic rings. The van der Waals surface area contributed by atoms with Gasteiger partial charge in [0.25, 0.3) is 14.2 Å². The van der Waals surface area contributed by atoms with Gasteiger partial charge in [-0.15, -0.1) is 10.2 Å². The molecule has 20 heavy (non-hydrogen) atoms. The summed E-state index contributed by atoms with van der Waals surface area (Å²) in [7, 11) is 4.66. The van der Waals surface area contributed by atoms with E-state index < -0.39 is 9.05 Å². The Morgan fingerprint density at radius 1 is 1.35 bits per heavy atom. The van der Waals surface area contributed by atoms with Crippen molar-refractivity contribution >= 4 is 19.7 Å². The molecule has 9 heteroatoms. The minimum Gasteiger partial charge on any atom is -0.383 e. The maximum absolute atomic E-state index is 11.5. The van der Waals surface area contributed by atoms with Crippen molar-refractivity contribution < 1.29 is 17.9 Å². The first-order valence-electron chi connectivity index (χ1n) is 6.33. The fraction of sp³-hybridized carbons (Fsp3) is 0.818. The highest BCUT2D eigenvalue weighted by Crippen LogP contribution is 2.37. The van der Waals surface area contributed by atoms with Gasteiger partial charge in [0.1, 0.15) is 5.82 Å². The van der Waals surface area contributed by atoms with Crippen LogP contribution in [-0.4, -0.2) is 49.6 Å². The highest BCUT2D eigenvalue weighted by molar-refractivity contribution is 8.13. The number of nitrogens with zero attached hydrogens (tertiary/aromatic N) is 3. The second-order valence-corrected chi connectivity index (χ2v) is 7.36. The van der Waals surface area contributed by atoms with Crippen molar-refractivity contribution in [1.29, 1.82) is 0 Å². The molecule has 0 aromatic carbocycles. The fourth-order valence-corrected chi connectivity index (χ4v) is 3.29. The monoisotopic (exact) mass is 323 g/mol. The van der Waals surface area contributed by atoms with Crippen molar-refractivity contribution in [3.63, 3.8) is 0 Å². The number of ether oxygens (including phenoxy) is 2. The van der Waals surface area contributed by atoms with Crippen molar-refractivity contribution in [2.45, 2.75) is 43.0 Å². The first-order chi connectivity index (χ1) is 9.42. The number of methoxy groups -OCH3 is 2. The lowest BCUT2D eigenvalue weighted by molar-refractivity contribution is -0.0728. The van der Waals surface area contributed by atoms with Gasteiger partial charge in [0.2, 0.25) is 0 Å². The van der Waals surface area contributed by atoms with Crippen LogP contribution < -0.4 is 0 Å². The SMILES string of the molecule is COCCn1c(CC2(OC)CCC2)nnc1S(=O)(=O)Cl. The number of halogens is 1. The summed E-state index contributed by atoms with van der Waals surface area (Å²) in [6.07, 6.45) is 3.49. The van der Waals surface area contributed by atoms with Crippen LogP contribution in [0.15, 0.2) is 5.16 Å². The van der Waals surface area contributed by atoms with Gasteiger partial charge in [0, 0.05) is 37.9 Å². The standard InChI is InChI=1S/C11H18ClN3O4S/c1-18-7-6-15-9(8-11(19-2)4-3-5-11)13-14-10(15)20(12,16)17/h3-8H2,1-2H3. The zero-order valence-electron chi connectivity index (χ0n) is 11.5. The van der Waals surface area contributed by atoms with E-state index in [-0.39, 0.29) is 10.8 Å². The molecule has 0 spiro atoms. The molecule has 2 rings (SSSR count). The second-order valence-electron chi connectivity index (χ2n) is 4.90. The van der Waals surface area contributed by atoms with E-state index in [1.165, 1.54) is 4.57 Å². The Kier molecular flexibility index (Phi) is 4.68. The highest BCUT2D eigenvalue weighted by atomic mass is 35.7. The molecule has 1 fully saturated rings. The van der Waals surface area contributed by atoms with Crippen molar-refractivity contribution in [3.05, 3.63) is 5.82 Å². The average Bonchev–Trinajstić information content (AvgIpc) is 2.73. The van der Waals surface area contributed by atoms with E-state index in [1.807, 2.05) is 0 Å². The third-order valence-corrected chi connectivity index (χ3v) is 4.86. The van der Waals surface area contributed by atoms with E-state index in [0.717, 1.165) is 19.3 Å². The van der Waals surface area contributed by atoms with Crippen molar-refractivity contribution in [2.24, 2.45) is 0 Å². The van der Waals surface area contributed by atoms with E-state index in [1.54, 1.807) is 14.2 Å². The molecule has 0 saturated heterocycles. The van der Waals surface area contributed by atoms with Gasteiger partial charge in [0.15, 0.2) is 0 Å². The summed E-state index contributed by atoms with van der Waals surface area (Å²) in [5, 5.41) is 7.42. The Balaban J connectivity index is 2.30. The maximum atomic E-state index is 11.5. The third kappa shape index (κ3) is 3.13. The number of aromatic nitrogens is 3. The van der Waals surface area contributed by atoms with Crippen LogP contribution in [0.4, 0.5) is 0 Å². The quantitative estimate of drug-likeness (QED) is 0.695. The molecule has 0 bridgehead atoms.